The predicted octanol–water partition coefficient (Wildman–Crippen LogP) is 1.48. The van der Waals surface area contributed by atoms with Gasteiger partial charge in [-0.1, -0.05) is 19.1 Å². The second-order valence-electron chi connectivity index (χ2n) is 4.13. The summed E-state index contributed by atoms with van der Waals surface area (Å²) in [7, 11) is -3.48. The van der Waals surface area contributed by atoms with Crippen LogP contribution in [0.15, 0.2) is 24.3 Å². The van der Waals surface area contributed by atoms with E-state index in [1.54, 1.807) is 13.0 Å². The van der Waals surface area contributed by atoms with Crippen molar-refractivity contribution in [1.82, 2.24) is 4.72 Å². The fourth-order valence-electron chi connectivity index (χ4n) is 1.45. The monoisotopic (exact) mass is 288 g/mol. The summed E-state index contributed by atoms with van der Waals surface area (Å²) >= 11 is 0. The number of para-hydroxylation sites is 1. The maximum atomic E-state index is 13.3. The Balaban J connectivity index is 2.66. The van der Waals surface area contributed by atoms with Gasteiger partial charge in [-0.2, -0.15) is 0 Å². The van der Waals surface area contributed by atoms with Gasteiger partial charge >= 0.3 is 0 Å². The number of carbonyl (C=O) groups excluding carboxylic acids is 1. The van der Waals surface area contributed by atoms with E-state index in [4.69, 9.17) is 0 Å². The molecule has 106 valence electrons. The molecule has 2 N–H and O–H groups in total. The van der Waals surface area contributed by atoms with Gasteiger partial charge in [-0.15, -0.1) is 0 Å². The van der Waals surface area contributed by atoms with Crippen LogP contribution in [0.3, 0.4) is 0 Å². The molecule has 0 bridgehead atoms. The van der Waals surface area contributed by atoms with Gasteiger partial charge in [-0.05, 0) is 25.5 Å². The van der Waals surface area contributed by atoms with Gasteiger partial charge < -0.3 is 5.32 Å². The lowest BCUT2D eigenvalue weighted by molar-refractivity contribution is -0.117. The molecule has 0 aliphatic carbocycles. The highest BCUT2D eigenvalue weighted by Crippen LogP contribution is 2.12. The molecule has 0 saturated carbocycles. The van der Waals surface area contributed by atoms with E-state index >= 15 is 0 Å². The molecule has 0 fully saturated rings. The standard InChI is InChI=1S/C12H17FN2O3S/c1-3-8-19(17,18)15-9(2)12(16)14-11-7-5-4-6-10(11)13/h4-7,9,15H,3,8H2,1-2H3,(H,14,16). The number of nitrogens with one attached hydrogen (secondary N) is 2. The third-order valence-corrected chi connectivity index (χ3v) is 4.01. The summed E-state index contributed by atoms with van der Waals surface area (Å²) < 4.78 is 38.6. The van der Waals surface area contributed by atoms with Crippen molar-refractivity contribution < 1.29 is 17.6 Å². The minimum atomic E-state index is -3.48. The van der Waals surface area contributed by atoms with Crippen LogP contribution in [0.5, 0.6) is 0 Å². The molecule has 1 aromatic carbocycles. The lowest BCUT2D eigenvalue weighted by atomic mass is 10.2. The Morgan fingerprint density at radius 2 is 2.00 bits per heavy atom. The summed E-state index contributed by atoms with van der Waals surface area (Å²) in [6, 6.07) is 4.72. The van der Waals surface area contributed by atoms with Gasteiger partial charge in [0.05, 0.1) is 17.5 Å². The Kier molecular flexibility index (Phi) is 5.44. The molecule has 19 heavy (non-hydrogen) atoms. The Labute approximate surface area is 112 Å². The van der Waals surface area contributed by atoms with Crippen LogP contribution in [0.2, 0.25) is 0 Å². The zero-order valence-electron chi connectivity index (χ0n) is 10.8. The van der Waals surface area contributed by atoms with Gasteiger partial charge in [-0.25, -0.2) is 17.5 Å². The van der Waals surface area contributed by atoms with E-state index in [9.17, 15) is 17.6 Å². The van der Waals surface area contributed by atoms with E-state index in [0.29, 0.717) is 6.42 Å². The average Bonchev–Trinajstić information content (AvgIpc) is 2.31. The van der Waals surface area contributed by atoms with Gasteiger partial charge in [0, 0.05) is 0 Å². The number of benzene rings is 1. The number of amides is 1. The summed E-state index contributed by atoms with van der Waals surface area (Å²) in [5, 5.41) is 2.33. The van der Waals surface area contributed by atoms with E-state index < -0.39 is 27.8 Å². The molecule has 7 heteroatoms. The Bertz CT molecular complexity index is 546. The summed E-state index contributed by atoms with van der Waals surface area (Å²) in [5.74, 6) is -1.23. The predicted molar refractivity (Wildman–Crippen MR) is 71.7 cm³/mol. The van der Waals surface area contributed by atoms with Crippen LogP contribution in [-0.2, 0) is 14.8 Å². The molecule has 1 amide bonds. The molecule has 0 heterocycles. The lowest BCUT2D eigenvalue weighted by Gasteiger charge is -2.14. The van der Waals surface area contributed by atoms with Gasteiger partial charge in [0.2, 0.25) is 15.9 Å². The van der Waals surface area contributed by atoms with Crippen LogP contribution >= 0.6 is 0 Å². The molecule has 0 saturated heterocycles. The Hall–Kier alpha value is -1.47. The molecule has 5 nitrogen and oxygen atoms in total. The van der Waals surface area contributed by atoms with Gasteiger partial charge in [0.1, 0.15) is 5.82 Å². The SMILES string of the molecule is CCCS(=O)(=O)NC(C)C(=O)Nc1ccccc1F. The zero-order valence-corrected chi connectivity index (χ0v) is 11.6. The first-order valence-electron chi connectivity index (χ1n) is 5.91. The highest BCUT2D eigenvalue weighted by atomic mass is 32.2. The second-order valence-corrected chi connectivity index (χ2v) is 6.00. The second kappa shape index (κ2) is 6.63. The van der Waals surface area contributed by atoms with Crippen LogP contribution in [0.4, 0.5) is 10.1 Å². The van der Waals surface area contributed by atoms with Crippen LogP contribution in [0.25, 0.3) is 0 Å². The van der Waals surface area contributed by atoms with Gasteiger partial charge in [0.15, 0.2) is 0 Å². The largest absolute Gasteiger partial charge is 0.322 e. The van der Waals surface area contributed by atoms with Crippen molar-refractivity contribution in [3.63, 3.8) is 0 Å². The molecule has 0 spiro atoms. The van der Waals surface area contributed by atoms with Crippen LogP contribution in [-0.4, -0.2) is 26.1 Å². The number of hydrogen-bond acceptors (Lipinski definition) is 3. The van der Waals surface area contributed by atoms with E-state index in [1.807, 2.05) is 0 Å². The van der Waals surface area contributed by atoms with Crippen molar-refractivity contribution in [2.45, 2.75) is 26.3 Å². The van der Waals surface area contributed by atoms with Crippen LogP contribution in [0.1, 0.15) is 20.3 Å². The molecule has 0 aromatic heterocycles. The topological polar surface area (TPSA) is 75.3 Å². The number of sulfonamides is 1. The molecular formula is C12H17FN2O3S. The minimum absolute atomic E-state index is 0.0223. The van der Waals surface area contributed by atoms with E-state index in [0.717, 1.165) is 0 Å². The highest BCUT2D eigenvalue weighted by molar-refractivity contribution is 7.89. The smallest absolute Gasteiger partial charge is 0.242 e. The van der Waals surface area contributed by atoms with Crippen molar-refractivity contribution in [2.75, 3.05) is 11.1 Å². The first kappa shape index (κ1) is 15.6. The number of rotatable bonds is 6. The van der Waals surface area contributed by atoms with Crippen LogP contribution < -0.4 is 10.0 Å². The number of anilines is 1. The van der Waals surface area contributed by atoms with E-state index in [-0.39, 0.29) is 11.4 Å². The molecule has 1 aromatic rings. The van der Waals surface area contributed by atoms with Crippen molar-refractivity contribution >= 4 is 21.6 Å². The average molecular weight is 288 g/mol. The maximum Gasteiger partial charge on any atom is 0.242 e. The van der Waals surface area contributed by atoms with E-state index in [1.165, 1.54) is 25.1 Å². The first-order valence-corrected chi connectivity index (χ1v) is 7.56. The maximum absolute atomic E-state index is 13.3. The normalized spacial score (nSPS) is 13.0. The Morgan fingerprint density at radius 3 is 2.58 bits per heavy atom. The number of carbonyl (C=O) groups is 1. The summed E-state index contributed by atoms with van der Waals surface area (Å²) in [6.45, 7) is 3.13. The molecule has 1 atom stereocenters. The third-order valence-electron chi connectivity index (χ3n) is 2.35. The van der Waals surface area contributed by atoms with Crippen molar-refractivity contribution in [3.8, 4) is 0 Å². The van der Waals surface area contributed by atoms with Gasteiger partial charge in [-0.3, -0.25) is 4.79 Å². The molecule has 0 aliphatic rings. The molecular weight excluding hydrogens is 271 g/mol. The van der Waals surface area contributed by atoms with Crippen molar-refractivity contribution in [2.24, 2.45) is 0 Å². The van der Waals surface area contributed by atoms with Crippen LogP contribution in [0, 0.1) is 5.82 Å². The number of hydrogen-bond donors (Lipinski definition) is 2. The third kappa shape index (κ3) is 4.96. The minimum Gasteiger partial charge on any atom is -0.322 e. The summed E-state index contributed by atoms with van der Waals surface area (Å²) in [5.41, 5.74) is 0.0223. The first-order chi connectivity index (χ1) is 8.85. The molecule has 0 radical (unpaired) electrons. The fraction of sp³-hybridized carbons (Fsp3) is 0.417. The quantitative estimate of drug-likeness (QED) is 0.832. The highest BCUT2D eigenvalue weighted by Gasteiger charge is 2.20. The van der Waals surface area contributed by atoms with E-state index in [2.05, 4.69) is 10.0 Å². The zero-order chi connectivity index (χ0) is 14.5. The molecule has 1 rings (SSSR count). The fourth-order valence-corrected chi connectivity index (χ4v) is 2.76. The number of halogens is 1. The Morgan fingerprint density at radius 1 is 1.37 bits per heavy atom. The lowest BCUT2D eigenvalue weighted by Crippen LogP contribution is -2.42. The summed E-state index contributed by atoms with van der Waals surface area (Å²) in [4.78, 5) is 11.7. The van der Waals surface area contributed by atoms with Crippen molar-refractivity contribution in [3.05, 3.63) is 30.1 Å². The molecule has 0 aliphatic heterocycles. The molecule has 1 unspecified atom stereocenters. The van der Waals surface area contributed by atoms with Gasteiger partial charge in [0.25, 0.3) is 0 Å². The van der Waals surface area contributed by atoms with Crippen molar-refractivity contribution in [1.29, 1.82) is 0 Å². The summed E-state index contributed by atoms with van der Waals surface area (Å²) in [6.07, 6.45) is 0.455.